The predicted octanol–water partition coefficient (Wildman–Crippen LogP) is 4.59. The minimum absolute atomic E-state index is 0.0173. The third kappa shape index (κ3) is 3.58. The van der Waals surface area contributed by atoms with E-state index in [1.807, 2.05) is 60.4 Å². The highest BCUT2D eigenvalue weighted by atomic mass is 16.5. The molecular formula is C26H22N4O2. The van der Waals surface area contributed by atoms with Crippen LogP contribution in [0.25, 0.3) is 0 Å². The van der Waals surface area contributed by atoms with Crippen molar-refractivity contribution in [2.24, 2.45) is 4.99 Å². The zero-order valence-corrected chi connectivity index (χ0v) is 17.7. The van der Waals surface area contributed by atoms with Crippen molar-refractivity contribution in [3.8, 4) is 17.6 Å². The lowest BCUT2D eigenvalue weighted by atomic mass is 10.1. The topological polar surface area (TPSA) is 68.9 Å². The lowest BCUT2D eigenvalue weighted by molar-refractivity contribution is 0.0581. The molecule has 158 valence electrons. The molecule has 6 nitrogen and oxygen atoms in total. The van der Waals surface area contributed by atoms with Crippen LogP contribution >= 0.6 is 0 Å². The van der Waals surface area contributed by atoms with Gasteiger partial charge in [0, 0.05) is 31.2 Å². The summed E-state index contributed by atoms with van der Waals surface area (Å²) in [5, 5.41) is 9.15. The highest BCUT2D eigenvalue weighted by Gasteiger charge is 2.31. The Labute approximate surface area is 187 Å². The maximum atomic E-state index is 13.1. The molecule has 0 saturated carbocycles. The van der Waals surface area contributed by atoms with Gasteiger partial charge in [-0.15, -0.1) is 0 Å². The summed E-state index contributed by atoms with van der Waals surface area (Å²) in [6, 6.07) is 24.7. The van der Waals surface area contributed by atoms with Crippen molar-refractivity contribution in [2.75, 3.05) is 19.6 Å². The molecule has 1 saturated heterocycles. The van der Waals surface area contributed by atoms with E-state index >= 15 is 0 Å². The van der Waals surface area contributed by atoms with Crippen molar-refractivity contribution in [3.63, 3.8) is 0 Å². The molecule has 1 amide bonds. The van der Waals surface area contributed by atoms with Gasteiger partial charge in [0.05, 0.1) is 17.2 Å². The van der Waals surface area contributed by atoms with Crippen molar-refractivity contribution in [1.29, 1.82) is 5.26 Å². The molecule has 0 bridgehead atoms. The first-order valence-electron chi connectivity index (χ1n) is 10.6. The maximum Gasteiger partial charge on any atom is 0.254 e. The number of amidine groups is 1. The van der Waals surface area contributed by atoms with Crippen molar-refractivity contribution in [2.45, 2.75) is 13.0 Å². The minimum Gasteiger partial charge on any atom is -0.454 e. The van der Waals surface area contributed by atoms with E-state index in [9.17, 15) is 4.79 Å². The van der Waals surface area contributed by atoms with E-state index < -0.39 is 0 Å². The number of nitriles is 1. The largest absolute Gasteiger partial charge is 0.454 e. The molecule has 1 fully saturated rings. The number of amides is 1. The fraction of sp³-hybridized carbons (Fsp3) is 0.192. The van der Waals surface area contributed by atoms with Crippen LogP contribution in [0.2, 0.25) is 0 Å². The number of fused-ring (bicyclic) bond motifs is 2. The summed E-state index contributed by atoms with van der Waals surface area (Å²) in [5.74, 6) is 2.31. The maximum absolute atomic E-state index is 13.1. The van der Waals surface area contributed by atoms with Crippen LogP contribution in [0.4, 0.5) is 5.69 Å². The van der Waals surface area contributed by atoms with Gasteiger partial charge in [0.2, 0.25) is 0 Å². The molecule has 2 aliphatic heterocycles. The Morgan fingerprint density at radius 2 is 1.81 bits per heavy atom. The van der Waals surface area contributed by atoms with Crippen LogP contribution in [-0.4, -0.2) is 47.2 Å². The molecule has 32 heavy (non-hydrogen) atoms. The Bertz CT molecular complexity index is 1260. The Kier molecular flexibility index (Phi) is 5.08. The van der Waals surface area contributed by atoms with Gasteiger partial charge in [0.1, 0.15) is 17.3 Å². The average molecular weight is 422 g/mol. The molecule has 3 aromatic rings. The predicted molar refractivity (Wildman–Crippen MR) is 122 cm³/mol. The molecule has 6 heteroatoms. The SMILES string of the molecule is C[C@H]1CN(C2=Nc3ccccc3Oc3ccccc32)CCN1C(=O)c1cccc(C#N)c1. The van der Waals surface area contributed by atoms with Gasteiger partial charge in [-0.25, -0.2) is 4.99 Å². The van der Waals surface area contributed by atoms with E-state index in [0.29, 0.717) is 30.8 Å². The number of piperazine rings is 1. The van der Waals surface area contributed by atoms with Gasteiger partial charge in [0.15, 0.2) is 5.75 Å². The van der Waals surface area contributed by atoms with Crippen LogP contribution in [0.3, 0.4) is 0 Å². The number of nitrogens with zero attached hydrogens (tertiary/aromatic N) is 4. The second-order valence-corrected chi connectivity index (χ2v) is 7.99. The zero-order chi connectivity index (χ0) is 22.1. The highest BCUT2D eigenvalue weighted by molar-refractivity contribution is 6.04. The van der Waals surface area contributed by atoms with E-state index in [0.717, 1.165) is 28.6 Å². The number of hydrogen-bond donors (Lipinski definition) is 0. The number of aliphatic imine (C=N–C) groups is 1. The monoisotopic (exact) mass is 422 g/mol. The van der Waals surface area contributed by atoms with Gasteiger partial charge in [-0.3, -0.25) is 4.79 Å². The Morgan fingerprint density at radius 1 is 1.03 bits per heavy atom. The van der Waals surface area contributed by atoms with E-state index in [1.165, 1.54) is 0 Å². The van der Waals surface area contributed by atoms with Crippen LogP contribution in [0, 0.1) is 11.3 Å². The number of rotatable bonds is 1. The van der Waals surface area contributed by atoms with Crippen LogP contribution in [0.5, 0.6) is 11.5 Å². The molecule has 1 atom stereocenters. The zero-order valence-electron chi connectivity index (χ0n) is 17.7. The lowest BCUT2D eigenvalue weighted by Crippen LogP contribution is -2.55. The second-order valence-electron chi connectivity index (χ2n) is 7.99. The molecule has 0 aliphatic carbocycles. The Balaban J connectivity index is 1.43. The summed E-state index contributed by atoms with van der Waals surface area (Å²) in [4.78, 5) is 22.2. The van der Waals surface area contributed by atoms with E-state index in [1.54, 1.807) is 24.3 Å². The average Bonchev–Trinajstić information content (AvgIpc) is 3.00. The minimum atomic E-state index is -0.0499. The molecule has 2 aliphatic rings. The molecule has 0 unspecified atom stereocenters. The van der Waals surface area contributed by atoms with Gasteiger partial charge in [-0.2, -0.15) is 5.26 Å². The second kappa shape index (κ2) is 8.20. The Morgan fingerprint density at radius 3 is 2.62 bits per heavy atom. The summed E-state index contributed by atoms with van der Waals surface area (Å²) >= 11 is 0. The third-order valence-corrected chi connectivity index (χ3v) is 5.87. The van der Waals surface area contributed by atoms with E-state index in [4.69, 9.17) is 15.0 Å². The van der Waals surface area contributed by atoms with E-state index in [2.05, 4.69) is 11.0 Å². The first-order valence-corrected chi connectivity index (χ1v) is 10.6. The molecule has 2 heterocycles. The first kappa shape index (κ1) is 19.8. The normalized spacial score (nSPS) is 17.2. The van der Waals surface area contributed by atoms with Crippen LogP contribution in [-0.2, 0) is 0 Å². The van der Waals surface area contributed by atoms with Crippen molar-refractivity contribution in [3.05, 3.63) is 89.5 Å². The number of para-hydroxylation sites is 3. The summed E-state index contributed by atoms with van der Waals surface area (Å²) in [5.41, 5.74) is 2.77. The summed E-state index contributed by atoms with van der Waals surface area (Å²) < 4.78 is 6.16. The van der Waals surface area contributed by atoms with Crippen LogP contribution in [0.15, 0.2) is 77.8 Å². The molecule has 0 aromatic heterocycles. The van der Waals surface area contributed by atoms with Gasteiger partial charge in [-0.1, -0.05) is 30.3 Å². The van der Waals surface area contributed by atoms with Crippen molar-refractivity contribution >= 4 is 17.4 Å². The first-order chi connectivity index (χ1) is 15.6. The number of benzene rings is 3. The quantitative estimate of drug-likeness (QED) is 0.575. The smallest absolute Gasteiger partial charge is 0.254 e. The van der Waals surface area contributed by atoms with E-state index in [-0.39, 0.29) is 11.9 Å². The van der Waals surface area contributed by atoms with Crippen molar-refractivity contribution < 1.29 is 9.53 Å². The van der Waals surface area contributed by atoms with Gasteiger partial charge in [-0.05, 0) is 49.4 Å². The van der Waals surface area contributed by atoms with Crippen molar-refractivity contribution in [1.82, 2.24) is 9.80 Å². The van der Waals surface area contributed by atoms with Gasteiger partial charge < -0.3 is 14.5 Å². The van der Waals surface area contributed by atoms with Crippen LogP contribution in [0.1, 0.15) is 28.4 Å². The molecule has 5 rings (SSSR count). The Hall–Kier alpha value is -4.11. The summed E-state index contributed by atoms with van der Waals surface area (Å²) in [6.45, 7) is 3.93. The molecule has 0 spiro atoms. The fourth-order valence-electron chi connectivity index (χ4n) is 4.25. The standard InChI is InChI=1S/C26H22N4O2/c1-18-17-29(13-14-30(18)26(31)20-8-6-7-19(15-20)16-27)25-21-9-2-4-11-23(21)32-24-12-5-3-10-22(24)28-25/h2-12,15,18H,13-14,17H2,1H3/t18-/m0/s1. The summed E-state index contributed by atoms with van der Waals surface area (Å²) in [7, 11) is 0. The fourth-order valence-corrected chi connectivity index (χ4v) is 4.25. The number of carbonyl (C=O) groups is 1. The molecule has 0 radical (unpaired) electrons. The number of hydrogen-bond acceptors (Lipinski definition) is 5. The lowest BCUT2D eigenvalue weighted by Gasteiger charge is -2.41. The van der Waals surface area contributed by atoms with Crippen LogP contribution < -0.4 is 4.74 Å². The summed E-state index contributed by atoms with van der Waals surface area (Å²) in [6.07, 6.45) is 0. The number of carbonyl (C=O) groups excluding carboxylic acids is 1. The molecular weight excluding hydrogens is 400 g/mol. The molecule has 3 aromatic carbocycles. The van der Waals surface area contributed by atoms with Gasteiger partial charge >= 0.3 is 0 Å². The van der Waals surface area contributed by atoms with Gasteiger partial charge in [0.25, 0.3) is 5.91 Å². The molecule has 0 N–H and O–H groups in total. The number of ether oxygens (including phenoxy) is 1. The third-order valence-electron chi connectivity index (χ3n) is 5.87. The highest BCUT2D eigenvalue weighted by Crippen LogP contribution is 2.38.